The third-order valence-corrected chi connectivity index (χ3v) is 3.44. The molecule has 1 amide bonds. The zero-order valence-electron chi connectivity index (χ0n) is 9.69. The Labute approximate surface area is 101 Å². The van der Waals surface area contributed by atoms with Crippen molar-refractivity contribution in [3.05, 3.63) is 29.8 Å². The molecule has 1 atom stereocenters. The van der Waals surface area contributed by atoms with Crippen LogP contribution in [-0.4, -0.2) is 17.2 Å². The molecule has 0 heterocycles. The standard InChI is InChI=1S/C12H18N2OS/c1-9-4-3-5-10(8-9)16-7-6-12(2,14)11(13)15/h3-5,8H,6-7,14H2,1-2H3,(H2,13,15). The van der Waals surface area contributed by atoms with Crippen LogP contribution in [0.4, 0.5) is 0 Å². The highest BCUT2D eigenvalue weighted by Gasteiger charge is 2.24. The lowest BCUT2D eigenvalue weighted by Crippen LogP contribution is -2.49. The van der Waals surface area contributed by atoms with Gasteiger partial charge in [0, 0.05) is 10.6 Å². The molecular formula is C12H18N2OS. The van der Waals surface area contributed by atoms with Crippen LogP contribution in [0.2, 0.25) is 0 Å². The second-order valence-electron chi connectivity index (χ2n) is 4.20. The SMILES string of the molecule is Cc1cccc(SCCC(C)(N)C(N)=O)c1. The topological polar surface area (TPSA) is 69.1 Å². The number of thioether (sulfide) groups is 1. The van der Waals surface area contributed by atoms with Crippen LogP contribution in [0.3, 0.4) is 0 Å². The summed E-state index contributed by atoms with van der Waals surface area (Å²) in [4.78, 5) is 12.2. The molecular weight excluding hydrogens is 220 g/mol. The lowest BCUT2D eigenvalue weighted by atomic mass is 10.0. The molecule has 0 fully saturated rings. The predicted octanol–water partition coefficient (Wildman–Crippen LogP) is 1.68. The molecule has 0 saturated carbocycles. The van der Waals surface area contributed by atoms with E-state index in [0.717, 1.165) is 5.75 Å². The van der Waals surface area contributed by atoms with Gasteiger partial charge in [-0.05, 0) is 32.4 Å². The molecule has 1 aromatic carbocycles. The van der Waals surface area contributed by atoms with Gasteiger partial charge in [-0.25, -0.2) is 0 Å². The van der Waals surface area contributed by atoms with E-state index in [1.54, 1.807) is 18.7 Å². The number of amides is 1. The van der Waals surface area contributed by atoms with E-state index in [-0.39, 0.29) is 0 Å². The van der Waals surface area contributed by atoms with Gasteiger partial charge in [0.05, 0.1) is 5.54 Å². The molecule has 4 heteroatoms. The zero-order valence-corrected chi connectivity index (χ0v) is 10.5. The largest absolute Gasteiger partial charge is 0.368 e. The molecule has 0 bridgehead atoms. The van der Waals surface area contributed by atoms with Crippen LogP contribution < -0.4 is 11.5 Å². The van der Waals surface area contributed by atoms with Crippen LogP contribution in [-0.2, 0) is 4.79 Å². The second-order valence-corrected chi connectivity index (χ2v) is 5.37. The predicted molar refractivity (Wildman–Crippen MR) is 68.3 cm³/mol. The molecule has 0 spiro atoms. The molecule has 0 aromatic heterocycles. The van der Waals surface area contributed by atoms with Gasteiger partial charge < -0.3 is 11.5 Å². The number of carbonyl (C=O) groups excluding carboxylic acids is 1. The van der Waals surface area contributed by atoms with Gasteiger partial charge in [-0.3, -0.25) is 4.79 Å². The number of aryl methyl sites for hydroxylation is 1. The van der Waals surface area contributed by atoms with Crippen molar-refractivity contribution in [2.45, 2.75) is 30.7 Å². The van der Waals surface area contributed by atoms with E-state index in [4.69, 9.17) is 11.5 Å². The maximum atomic E-state index is 11.0. The third kappa shape index (κ3) is 3.87. The molecule has 0 aliphatic rings. The number of nitrogens with two attached hydrogens (primary N) is 2. The molecule has 0 radical (unpaired) electrons. The molecule has 0 saturated heterocycles. The Hall–Kier alpha value is -1.00. The smallest absolute Gasteiger partial charge is 0.237 e. The van der Waals surface area contributed by atoms with Crippen molar-refractivity contribution < 1.29 is 4.79 Å². The fourth-order valence-corrected chi connectivity index (χ4v) is 2.42. The fraction of sp³-hybridized carbons (Fsp3) is 0.417. The molecule has 1 aromatic rings. The van der Waals surface area contributed by atoms with E-state index in [9.17, 15) is 4.79 Å². The molecule has 16 heavy (non-hydrogen) atoms. The van der Waals surface area contributed by atoms with Gasteiger partial charge in [-0.1, -0.05) is 17.7 Å². The van der Waals surface area contributed by atoms with Gasteiger partial charge in [0.25, 0.3) is 0 Å². The van der Waals surface area contributed by atoms with Crippen molar-refractivity contribution in [2.75, 3.05) is 5.75 Å². The minimum Gasteiger partial charge on any atom is -0.368 e. The molecule has 88 valence electrons. The van der Waals surface area contributed by atoms with Crippen molar-refractivity contribution >= 4 is 17.7 Å². The highest BCUT2D eigenvalue weighted by Crippen LogP contribution is 2.21. The fourth-order valence-electron chi connectivity index (χ4n) is 1.21. The van der Waals surface area contributed by atoms with Gasteiger partial charge in [-0.2, -0.15) is 0 Å². The van der Waals surface area contributed by atoms with E-state index < -0.39 is 11.4 Å². The van der Waals surface area contributed by atoms with E-state index in [1.165, 1.54) is 10.5 Å². The normalized spacial score (nSPS) is 14.4. The van der Waals surface area contributed by atoms with Gasteiger partial charge in [-0.15, -0.1) is 11.8 Å². The average Bonchev–Trinajstić information content (AvgIpc) is 2.17. The van der Waals surface area contributed by atoms with Gasteiger partial charge in [0.2, 0.25) is 5.91 Å². The van der Waals surface area contributed by atoms with Crippen LogP contribution >= 0.6 is 11.8 Å². The van der Waals surface area contributed by atoms with E-state index >= 15 is 0 Å². The summed E-state index contributed by atoms with van der Waals surface area (Å²) in [6.07, 6.45) is 0.584. The Balaban J connectivity index is 2.45. The molecule has 4 N–H and O–H groups in total. The van der Waals surface area contributed by atoms with E-state index in [1.807, 2.05) is 6.07 Å². The monoisotopic (exact) mass is 238 g/mol. The number of carbonyl (C=O) groups is 1. The zero-order chi connectivity index (χ0) is 12.2. The Morgan fingerprint density at radius 2 is 2.19 bits per heavy atom. The van der Waals surface area contributed by atoms with Crippen LogP contribution in [0.25, 0.3) is 0 Å². The number of benzene rings is 1. The molecule has 3 nitrogen and oxygen atoms in total. The van der Waals surface area contributed by atoms with Gasteiger partial charge in [0.1, 0.15) is 0 Å². The number of rotatable bonds is 5. The van der Waals surface area contributed by atoms with Crippen molar-refractivity contribution in [2.24, 2.45) is 11.5 Å². The Morgan fingerprint density at radius 3 is 2.75 bits per heavy atom. The quantitative estimate of drug-likeness (QED) is 0.767. The third-order valence-electron chi connectivity index (χ3n) is 2.44. The van der Waals surface area contributed by atoms with E-state index in [0.29, 0.717) is 6.42 Å². The molecule has 0 aliphatic heterocycles. The Morgan fingerprint density at radius 1 is 1.50 bits per heavy atom. The first kappa shape index (κ1) is 13.1. The van der Waals surface area contributed by atoms with Crippen molar-refractivity contribution in [1.82, 2.24) is 0 Å². The second kappa shape index (κ2) is 5.37. The first-order valence-electron chi connectivity index (χ1n) is 5.20. The summed E-state index contributed by atoms with van der Waals surface area (Å²) in [5.74, 6) is 0.344. The number of hydrogen-bond donors (Lipinski definition) is 2. The maximum absolute atomic E-state index is 11.0. The van der Waals surface area contributed by atoms with Crippen LogP contribution in [0.5, 0.6) is 0 Å². The molecule has 0 aliphatic carbocycles. The first-order chi connectivity index (χ1) is 7.42. The van der Waals surface area contributed by atoms with Crippen molar-refractivity contribution in [1.29, 1.82) is 0 Å². The van der Waals surface area contributed by atoms with E-state index in [2.05, 4.69) is 25.1 Å². The summed E-state index contributed by atoms with van der Waals surface area (Å²) in [5.41, 5.74) is 11.3. The summed E-state index contributed by atoms with van der Waals surface area (Å²) in [6.45, 7) is 3.73. The minimum absolute atomic E-state index is 0.447. The number of primary amides is 1. The Bertz CT molecular complexity index is 377. The lowest BCUT2D eigenvalue weighted by molar-refractivity contribution is -0.122. The molecule has 1 rings (SSSR count). The first-order valence-corrected chi connectivity index (χ1v) is 6.18. The van der Waals surface area contributed by atoms with Crippen molar-refractivity contribution in [3.8, 4) is 0 Å². The average molecular weight is 238 g/mol. The summed E-state index contributed by atoms with van der Waals surface area (Å²) >= 11 is 1.69. The van der Waals surface area contributed by atoms with Crippen LogP contribution in [0.15, 0.2) is 29.2 Å². The van der Waals surface area contributed by atoms with Gasteiger partial charge in [0.15, 0.2) is 0 Å². The summed E-state index contributed by atoms with van der Waals surface area (Å²) < 4.78 is 0. The summed E-state index contributed by atoms with van der Waals surface area (Å²) in [7, 11) is 0. The highest BCUT2D eigenvalue weighted by molar-refractivity contribution is 7.99. The van der Waals surface area contributed by atoms with Crippen molar-refractivity contribution in [3.63, 3.8) is 0 Å². The van der Waals surface area contributed by atoms with Crippen LogP contribution in [0, 0.1) is 6.92 Å². The summed E-state index contributed by atoms with van der Waals surface area (Å²) in [5, 5.41) is 0. The van der Waals surface area contributed by atoms with Crippen LogP contribution in [0.1, 0.15) is 18.9 Å². The highest BCUT2D eigenvalue weighted by atomic mass is 32.2. The number of hydrogen-bond acceptors (Lipinski definition) is 3. The minimum atomic E-state index is -0.906. The maximum Gasteiger partial charge on any atom is 0.237 e. The summed E-state index contributed by atoms with van der Waals surface area (Å²) in [6, 6.07) is 8.24. The lowest BCUT2D eigenvalue weighted by Gasteiger charge is -2.19. The molecule has 1 unspecified atom stereocenters. The Kier molecular flexibility index (Phi) is 4.38. The van der Waals surface area contributed by atoms with Gasteiger partial charge >= 0.3 is 0 Å².